The van der Waals surface area contributed by atoms with Gasteiger partial charge in [-0.3, -0.25) is 0 Å². The lowest BCUT2D eigenvalue weighted by atomic mass is 10.3. The average Bonchev–Trinajstić information content (AvgIpc) is 2.03. The molecule has 1 nitrogen and oxygen atoms in total. The lowest BCUT2D eigenvalue weighted by Crippen LogP contribution is -2.34. The zero-order valence-electron chi connectivity index (χ0n) is 7.02. The topological polar surface area (TPSA) is 12.0 Å². The highest BCUT2D eigenvalue weighted by Gasteiger charge is 2.12. The van der Waals surface area contributed by atoms with Crippen molar-refractivity contribution in [3.8, 4) is 12.3 Å². The molecule has 70 valence electrons. The average molecular weight is 193 g/mol. The fourth-order valence-electron chi connectivity index (χ4n) is 0.579. The van der Waals surface area contributed by atoms with Crippen LogP contribution in [0.4, 0.5) is 8.78 Å². The second-order valence-corrected chi connectivity index (χ2v) is 3.44. The first-order chi connectivity index (χ1) is 5.68. The molecule has 0 heterocycles. The van der Waals surface area contributed by atoms with Crippen molar-refractivity contribution >= 4 is 11.8 Å². The van der Waals surface area contributed by atoms with Crippen molar-refractivity contribution in [1.29, 1.82) is 0 Å². The summed E-state index contributed by atoms with van der Waals surface area (Å²) in [5, 5.41) is 2.70. The van der Waals surface area contributed by atoms with Crippen LogP contribution >= 0.6 is 11.8 Å². The van der Waals surface area contributed by atoms with Crippen molar-refractivity contribution < 1.29 is 8.78 Å². The van der Waals surface area contributed by atoms with Crippen LogP contribution in [0.15, 0.2) is 0 Å². The number of alkyl halides is 2. The summed E-state index contributed by atoms with van der Waals surface area (Å²) in [6, 6.07) is -0.726. The summed E-state index contributed by atoms with van der Waals surface area (Å²) in [5.41, 5.74) is 0. The van der Waals surface area contributed by atoms with Gasteiger partial charge < -0.3 is 5.32 Å². The van der Waals surface area contributed by atoms with E-state index in [1.54, 1.807) is 11.8 Å². The predicted octanol–water partition coefficient (Wildman–Crippen LogP) is 1.60. The summed E-state index contributed by atoms with van der Waals surface area (Å²) in [6.45, 7) is 2.05. The Morgan fingerprint density at radius 3 is 2.75 bits per heavy atom. The lowest BCUT2D eigenvalue weighted by molar-refractivity contribution is 0.107. The Kier molecular flexibility index (Phi) is 7.22. The van der Waals surface area contributed by atoms with E-state index in [-0.39, 0.29) is 0 Å². The number of thioether (sulfide) groups is 1. The van der Waals surface area contributed by atoms with Gasteiger partial charge in [0.05, 0.1) is 11.8 Å². The van der Waals surface area contributed by atoms with Crippen molar-refractivity contribution in [3.05, 3.63) is 0 Å². The van der Waals surface area contributed by atoms with Gasteiger partial charge in [0.2, 0.25) is 0 Å². The van der Waals surface area contributed by atoms with Crippen LogP contribution in [0.25, 0.3) is 0 Å². The van der Waals surface area contributed by atoms with Gasteiger partial charge in [-0.05, 0) is 6.92 Å². The Hall–Kier alpha value is -0.270. The Balaban J connectivity index is 3.15. The summed E-state index contributed by atoms with van der Waals surface area (Å²) >= 11 is 1.56. The first-order valence-electron chi connectivity index (χ1n) is 3.71. The van der Waals surface area contributed by atoms with Gasteiger partial charge in [-0.15, -0.1) is 18.2 Å². The maximum absolute atomic E-state index is 11.9. The first-order valence-corrected chi connectivity index (χ1v) is 4.86. The quantitative estimate of drug-likeness (QED) is 0.508. The third-order valence-electron chi connectivity index (χ3n) is 1.28. The van der Waals surface area contributed by atoms with Gasteiger partial charge in [-0.1, -0.05) is 5.92 Å². The number of terminal acetylenes is 1. The fourth-order valence-corrected chi connectivity index (χ4v) is 1.10. The van der Waals surface area contributed by atoms with Crippen LogP contribution in [0.2, 0.25) is 0 Å². The molecule has 0 amide bonds. The Morgan fingerprint density at radius 1 is 1.58 bits per heavy atom. The fraction of sp³-hybridized carbons (Fsp3) is 0.750. The van der Waals surface area contributed by atoms with Crippen molar-refractivity contribution in [2.24, 2.45) is 0 Å². The number of hydrogen-bond acceptors (Lipinski definition) is 2. The molecule has 0 aliphatic rings. The van der Waals surface area contributed by atoms with Crippen LogP contribution in [-0.4, -0.2) is 30.5 Å². The molecule has 0 aliphatic carbocycles. The molecule has 4 heteroatoms. The van der Waals surface area contributed by atoms with E-state index in [1.807, 2.05) is 0 Å². The van der Waals surface area contributed by atoms with Crippen molar-refractivity contribution in [2.45, 2.75) is 19.4 Å². The van der Waals surface area contributed by atoms with E-state index in [1.165, 1.54) is 6.92 Å². The van der Waals surface area contributed by atoms with E-state index in [2.05, 4.69) is 11.2 Å². The molecule has 0 saturated carbocycles. The standard InChI is InChI=1S/C8H13F2NS/c1-3-5-12-6-4-11-7(2)8(9)10/h1,7-8,11H,4-6H2,2H3. The Bertz CT molecular complexity index is 144. The second-order valence-electron chi connectivity index (χ2n) is 2.33. The SMILES string of the molecule is C#CCSCCNC(C)C(F)F. The van der Waals surface area contributed by atoms with Crippen LogP contribution in [0.1, 0.15) is 6.92 Å². The minimum absolute atomic E-state index is 0.581. The third kappa shape index (κ3) is 6.44. The molecule has 1 atom stereocenters. The molecule has 0 aromatic heterocycles. The van der Waals surface area contributed by atoms with Crippen LogP contribution in [0.5, 0.6) is 0 Å². The summed E-state index contributed by atoms with van der Waals surface area (Å²) < 4.78 is 23.8. The molecule has 0 aromatic carbocycles. The van der Waals surface area contributed by atoms with Gasteiger partial charge >= 0.3 is 0 Å². The molecule has 1 N–H and O–H groups in total. The number of hydrogen-bond donors (Lipinski definition) is 1. The van der Waals surface area contributed by atoms with Gasteiger partial charge in [0.1, 0.15) is 0 Å². The zero-order chi connectivity index (χ0) is 9.40. The predicted molar refractivity (Wildman–Crippen MR) is 49.6 cm³/mol. The lowest BCUT2D eigenvalue weighted by Gasteiger charge is -2.11. The Morgan fingerprint density at radius 2 is 2.25 bits per heavy atom. The van der Waals surface area contributed by atoms with E-state index < -0.39 is 12.5 Å². The molecule has 1 unspecified atom stereocenters. The molecule has 12 heavy (non-hydrogen) atoms. The Labute approximate surface area is 76.3 Å². The molecule has 0 saturated heterocycles. The van der Waals surface area contributed by atoms with E-state index in [4.69, 9.17) is 6.42 Å². The first kappa shape index (κ1) is 11.7. The molecule has 0 rings (SSSR count). The van der Waals surface area contributed by atoms with Gasteiger partial charge in [-0.2, -0.15) is 0 Å². The van der Waals surface area contributed by atoms with E-state index in [0.717, 1.165) is 5.75 Å². The van der Waals surface area contributed by atoms with E-state index in [0.29, 0.717) is 12.3 Å². The maximum Gasteiger partial charge on any atom is 0.253 e. The zero-order valence-corrected chi connectivity index (χ0v) is 7.83. The van der Waals surface area contributed by atoms with Crippen molar-refractivity contribution in [2.75, 3.05) is 18.1 Å². The van der Waals surface area contributed by atoms with Crippen molar-refractivity contribution in [1.82, 2.24) is 5.32 Å². The number of rotatable bonds is 6. The van der Waals surface area contributed by atoms with E-state index in [9.17, 15) is 8.78 Å². The molecule has 0 aromatic rings. The smallest absolute Gasteiger partial charge is 0.253 e. The monoisotopic (exact) mass is 193 g/mol. The summed E-state index contributed by atoms with van der Waals surface area (Å²) in [4.78, 5) is 0. The normalized spacial score (nSPS) is 12.9. The molecular weight excluding hydrogens is 180 g/mol. The minimum atomic E-state index is -2.29. The van der Waals surface area contributed by atoms with Crippen LogP contribution in [0.3, 0.4) is 0 Å². The molecule has 0 fully saturated rings. The number of halogens is 2. The largest absolute Gasteiger partial charge is 0.308 e. The van der Waals surface area contributed by atoms with Gasteiger partial charge in [0.15, 0.2) is 0 Å². The summed E-state index contributed by atoms with van der Waals surface area (Å²) in [6.07, 6.45) is 2.72. The highest BCUT2D eigenvalue weighted by atomic mass is 32.2. The molecule has 0 radical (unpaired) electrons. The van der Waals surface area contributed by atoms with Gasteiger partial charge in [0.25, 0.3) is 6.43 Å². The van der Waals surface area contributed by atoms with Crippen LogP contribution < -0.4 is 5.32 Å². The molecule has 0 spiro atoms. The second kappa shape index (κ2) is 7.38. The van der Waals surface area contributed by atoms with Gasteiger partial charge in [-0.25, -0.2) is 8.78 Å². The minimum Gasteiger partial charge on any atom is -0.308 e. The third-order valence-corrected chi connectivity index (χ3v) is 2.14. The van der Waals surface area contributed by atoms with E-state index >= 15 is 0 Å². The summed E-state index contributed by atoms with van der Waals surface area (Å²) in [7, 11) is 0. The van der Waals surface area contributed by atoms with Gasteiger partial charge in [0, 0.05) is 12.3 Å². The highest BCUT2D eigenvalue weighted by Crippen LogP contribution is 2.00. The molecule has 0 aliphatic heterocycles. The highest BCUT2D eigenvalue weighted by molar-refractivity contribution is 7.99. The van der Waals surface area contributed by atoms with Crippen LogP contribution in [-0.2, 0) is 0 Å². The molecule has 0 bridgehead atoms. The molecular formula is C8H13F2NS. The summed E-state index contributed by atoms with van der Waals surface area (Å²) in [5.74, 6) is 3.89. The van der Waals surface area contributed by atoms with Crippen LogP contribution in [0, 0.1) is 12.3 Å². The van der Waals surface area contributed by atoms with Crippen molar-refractivity contribution in [3.63, 3.8) is 0 Å². The maximum atomic E-state index is 11.9. The number of nitrogens with one attached hydrogen (secondary N) is 1.